The van der Waals surface area contributed by atoms with E-state index in [9.17, 15) is 5.26 Å². The van der Waals surface area contributed by atoms with E-state index in [0.717, 1.165) is 22.3 Å². The van der Waals surface area contributed by atoms with E-state index in [4.69, 9.17) is 0 Å². The molecule has 0 amide bonds. The maximum Gasteiger partial charge on any atom is 0.141 e. The van der Waals surface area contributed by atoms with Crippen LogP contribution in [-0.4, -0.2) is 24.7 Å². The van der Waals surface area contributed by atoms with E-state index in [-0.39, 0.29) is 6.04 Å². The number of hydrogen-bond donors (Lipinski definition) is 1. The van der Waals surface area contributed by atoms with Gasteiger partial charge in [0.25, 0.3) is 0 Å². The Hall–Kier alpha value is -2.68. The molecule has 0 radical (unpaired) electrons. The van der Waals surface area contributed by atoms with Crippen molar-refractivity contribution in [2.24, 2.45) is 5.92 Å². The molecule has 1 aliphatic rings. The van der Waals surface area contributed by atoms with Gasteiger partial charge in [-0.1, -0.05) is 32.1 Å². The second-order valence-electron chi connectivity index (χ2n) is 7.21. The summed E-state index contributed by atoms with van der Waals surface area (Å²) in [4.78, 5) is 11.8. The molecular formula is C20H24N6. The minimum atomic E-state index is 0.149. The van der Waals surface area contributed by atoms with Crippen molar-refractivity contribution in [2.75, 3.05) is 0 Å². The van der Waals surface area contributed by atoms with Gasteiger partial charge in [-0.25, -0.2) is 9.97 Å². The molecule has 3 aromatic rings. The summed E-state index contributed by atoms with van der Waals surface area (Å²) >= 11 is 0. The van der Waals surface area contributed by atoms with Gasteiger partial charge < -0.3 is 4.98 Å². The first kappa shape index (κ1) is 16.8. The van der Waals surface area contributed by atoms with Crippen molar-refractivity contribution < 1.29 is 0 Å². The Bertz CT molecular complexity index is 894. The van der Waals surface area contributed by atoms with Crippen LogP contribution in [0.2, 0.25) is 0 Å². The lowest BCUT2D eigenvalue weighted by molar-refractivity contribution is 0.252. The summed E-state index contributed by atoms with van der Waals surface area (Å²) in [5, 5.41) is 15.0. The lowest BCUT2D eigenvalue weighted by atomic mass is 9.85. The second kappa shape index (κ2) is 7.69. The lowest BCUT2D eigenvalue weighted by Crippen LogP contribution is -2.21. The van der Waals surface area contributed by atoms with Crippen molar-refractivity contribution in [3.63, 3.8) is 0 Å². The molecule has 4 rings (SSSR count). The molecule has 0 aromatic carbocycles. The summed E-state index contributed by atoms with van der Waals surface area (Å²) in [6, 6.07) is 4.52. The summed E-state index contributed by atoms with van der Waals surface area (Å²) in [7, 11) is 0. The van der Waals surface area contributed by atoms with Crippen LogP contribution < -0.4 is 0 Å². The standard InChI is InChI=1S/C20H24N6/c21-10-8-18(15-6-4-2-1-3-5-7-15)26-13-16(12-25-26)19-17-9-11-22-20(17)24-14-23-19/h9,11-15,18H,1-8H2,(H,22,23,24)/t18-/m1/s1. The Balaban J connectivity index is 1.64. The molecule has 1 N–H and O–H groups in total. The normalized spacial score (nSPS) is 17.5. The van der Waals surface area contributed by atoms with Crippen LogP contribution >= 0.6 is 0 Å². The first-order valence-electron chi connectivity index (χ1n) is 9.56. The van der Waals surface area contributed by atoms with Crippen molar-refractivity contribution >= 4 is 11.0 Å². The van der Waals surface area contributed by atoms with E-state index in [0.29, 0.717) is 12.3 Å². The molecule has 0 saturated heterocycles. The molecule has 1 fully saturated rings. The van der Waals surface area contributed by atoms with E-state index in [2.05, 4.69) is 32.3 Å². The number of H-pyrrole nitrogens is 1. The van der Waals surface area contributed by atoms with Gasteiger partial charge in [-0.3, -0.25) is 4.68 Å². The smallest absolute Gasteiger partial charge is 0.141 e. The maximum absolute atomic E-state index is 9.38. The van der Waals surface area contributed by atoms with Gasteiger partial charge in [0.15, 0.2) is 0 Å². The molecule has 0 spiro atoms. The minimum absolute atomic E-state index is 0.149. The topological polar surface area (TPSA) is 83.2 Å². The molecule has 3 heterocycles. The number of nitrogens with zero attached hydrogens (tertiary/aromatic N) is 5. The van der Waals surface area contributed by atoms with Crippen LogP contribution in [0.1, 0.15) is 57.4 Å². The van der Waals surface area contributed by atoms with E-state index in [1.54, 1.807) is 6.33 Å². The zero-order valence-corrected chi connectivity index (χ0v) is 14.9. The largest absolute Gasteiger partial charge is 0.346 e. The number of hydrogen-bond acceptors (Lipinski definition) is 4. The van der Waals surface area contributed by atoms with Crippen LogP contribution in [0.5, 0.6) is 0 Å². The number of aromatic nitrogens is 5. The molecule has 1 atom stereocenters. The van der Waals surface area contributed by atoms with Gasteiger partial charge in [-0.15, -0.1) is 0 Å². The van der Waals surface area contributed by atoms with Crippen LogP contribution in [-0.2, 0) is 0 Å². The maximum atomic E-state index is 9.38. The Morgan fingerprint density at radius 1 is 1.19 bits per heavy atom. The average Bonchev–Trinajstić information content (AvgIpc) is 3.29. The van der Waals surface area contributed by atoms with Crippen LogP contribution in [0.3, 0.4) is 0 Å². The quantitative estimate of drug-likeness (QED) is 0.744. The van der Waals surface area contributed by atoms with Gasteiger partial charge in [-0.2, -0.15) is 10.4 Å². The van der Waals surface area contributed by atoms with Crippen molar-refractivity contribution in [1.82, 2.24) is 24.7 Å². The van der Waals surface area contributed by atoms with Gasteiger partial charge >= 0.3 is 0 Å². The van der Waals surface area contributed by atoms with Gasteiger partial charge in [0, 0.05) is 23.3 Å². The molecule has 26 heavy (non-hydrogen) atoms. The highest BCUT2D eigenvalue weighted by molar-refractivity contribution is 5.89. The van der Waals surface area contributed by atoms with Crippen LogP contribution in [0.25, 0.3) is 22.3 Å². The van der Waals surface area contributed by atoms with Crippen LogP contribution in [0.4, 0.5) is 0 Å². The molecule has 0 aliphatic heterocycles. The SMILES string of the molecule is N#CC[C@H](C1CCCCCCC1)n1cc(-c2ncnc3[nH]ccc23)cn1. The first-order chi connectivity index (χ1) is 12.9. The van der Waals surface area contributed by atoms with Crippen molar-refractivity contribution in [2.45, 2.75) is 57.4 Å². The lowest BCUT2D eigenvalue weighted by Gasteiger charge is -2.27. The molecule has 1 aliphatic carbocycles. The summed E-state index contributed by atoms with van der Waals surface area (Å²) < 4.78 is 2.01. The van der Waals surface area contributed by atoms with Gasteiger partial charge in [0.2, 0.25) is 0 Å². The molecule has 6 nitrogen and oxygen atoms in total. The van der Waals surface area contributed by atoms with Crippen molar-refractivity contribution in [3.05, 3.63) is 31.0 Å². The Morgan fingerprint density at radius 2 is 2.00 bits per heavy atom. The third-order valence-electron chi connectivity index (χ3n) is 5.56. The summed E-state index contributed by atoms with van der Waals surface area (Å²) in [6.07, 6.45) is 16.8. The third-order valence-corrected chi connectivity index (χ3v) is 5.56. The number of rotatable bonds is 4. The Morgan fingerprint density at radius 3 is 2.81 bits per heavy atom. The van der Waals surface area contributed by atoms with E-state index >= 15 is 0 Å². The van der Waals surface area contributed by atoms with Crippen molar-refractivity contribution in [3.8, 4) is 17.3 Å². The molecular weight excluding hydrogens is 324 g/mol. The van der Waals surface area contributed by atoms with E-state index < -0.39 is 0 Å². The molecule has 1 saturated carbocycles. The first-order valence-corrected chi connectivity index (χ1v) is 9.56. The van der Waals surface area contributed by atoms with Gasteiger partial charge in [0.05, 0.1) is 30.4 Å². The van der Waals surface area contributed by atoms with E-state index in [1.807, 2.05) is 23.1 Å². The third kappa shape index (κ3) is 3.34. The summed E-state index contributed by atoms with van der Waals surface area (Å²) in [5.41, 5.74) is 2.69. The highest BCUT2D eigenvalue weighted by atomic mass is 15.3. The molecule has 0 bridgehead atoms. The predicted molar refractivity (Wildman–Crippen MR) is 100 cm³/mol. The van der Waals surface area contributed by atoms with Crippen LogP contribution in [0, 0.1) is 17.2 Å². The fourth-order valence-corrected chi connectivity index (χ4v) is 4.19. The summed E-state index contributed by atoms with van der Waals surface area (Å²) in [6.45, 7) is 0. The number of aromatic amines is 1. The monoisotopic (exact) mass is 348 g/mol. The molecule has 134 valence electrons. The number of nitrogens with one attached hydrogen (secondary N) is 1. The second-order valence-corrected chi connectivity index (χ2v) is 7.21. The highest BCUT2D eigenvalue weighted by Gasteiger charge is 2.25. The van der Waals surface area contributed by atoms with Gasteiger partial charge in [0.1, 0.15) is 12.0 Å². The predicted octanol–water partition coefficient (Wildman–Crippen LogP) is 4.64. The van der Waals surface area contributed by atoms with Gasteiger partial charge in [-0.05, 0) is 24.8 Å². The Kier molecular flexibility index (Phi) is 4.96. The summed E-state index contributed by atoms with van der Waals surface area (Å²) in [5.74, 6) is 0.528. The number of fused-ring (bicyclic) bond motifs is 1. The minimum Gasteiger partial charge on any atom is -0.346 e. The average molecular weight is 348 g/mol. The van der Waals surface area contributed by atoms with E-state index in [1.165, 1.54) is 44.9 Å². The molecule has 3 aromatic heterocycles. The highest BCUT2D eigenvalue weighted by Crippen LogP contribution is 2.34. The Labute approximate surface area is 153 Å². The molecule has 0 unspecified atom stereocenters. The fraction of sp³-hybridized carbons (Fsp3) is 0.500. The van der Waals surface area contributed by atoms with Crippen molar-refractivity contribution in [1.29, 1.82) is 5.26 Å². The zero-order valence-electron chi connectivity index (χ0n) is 14.9. The van der Waals surface area contributed by atoms with Crippen LogP contribution in [0.15, 0.2) is 31.0 Å². The number of nitriles is 1. The fourth-order valence-electron chi connectivity index (χ4n) is 4.19. The molecule has 6 heteroatoms. The zero-order chi connectivity index (χ0) is 17.8.